The molecule has 2 atom stereocenters. The molecular formula is C14H24N2O2. The van der Waals surface area contributed by atoms with Crippen molar-refractivity contribution in [2.45, 2.75) is 63.1 Å². The van der Waals surface area contributed by atoms with Gasteiger partial charge in [-0.2, -0.15) is 0 Å². The molecule has 1 N–H and O–H groups in total. The fourth-order valence-corrected chi connectivity index (χ4v) is 3.22. The number of hydrogen-bond donors (Lipinski definition) is 1. The molecule has 4 heteroatoms. The maximum absolute atomic E-state index is 12.3. The van der Waals surface area contributed by atoms with E-state index in [0.29, 0.717) is 30.5 Å². The predicted octanol–water partition coefficient (Wildman–Crippen LogP) is 1.30. The normalized spacial score (nSPS) is 32.1. The van der Waals surface area contributed by atoms with Crippen molar-refractivity contribution in [1.29, 1.82) is 0 Å². The number of nitrogens with one attached hydrogen (secondary N) is 1. The lowest BCUT2D eigenvalue weighted by Gasteiger charge is -2.43. The molecule has 0 spiro atoms. The summed E-state index contributed by atoms with van der Waals surface area (Å²) in [4.78, 5) is 14.4. The summed E-state index contributed by atoms with van der Waals surface area (Å²) in [5, 5.41) is 3.42. The average Bonchev–Trinajstić information content (AvgIpc) is 3.22. The summed E-state index contributed by atoms with van der Waals surface area (Å²) in [6.45, 7) is 2.37. The average molecular weight is 252 g/mol. The molecule has 2 unspecified atom stereocenters. The van der Waals surface area contributed by atoms with Gasteiger partial charge in [0.15, 0.2) is 0 Å². The number of carbonyl (C=O) groups excluding carboxylic acids is 1. The smallest absolute Gasteiger partial charge is 0.224 e. The first-order chi connectivity index (χ1) is 8.84. The van der Waals surface area contributed by atoms with Crippen LogP contribution in [0.15, 0.2) is 0 Å². The van der Waals surface area contributed by atoms with Gasteiger partial charge in [-0.3, -0.25) is 4.79 Å². The van der Waals surface area contributed by atoms with Crippen LogP contribution in [0.2, 0.25) is 0 Å². The molecule has 3 rings (SSSR count). The minimum atomic E-state index is 0.313. The first-order valence-electron chi connectivity index (χ1n) is 7.49. The lowest BCUT2D eigenvalue weighted by atomic mass is 9.90. The lowest BCUT2D eigenvalue weighted by molar-refractivity contribution is -0.149. The molecule has 2 aliphatic carbocycles. The number of amides is 1. The highest BCUT2D eigenvalue weighted by molar-refractivity contribution is 5.77. The van der Waals surface area contributed by atoms with Crippen LogP contribution in [0.1, 0.15) is 44.9 Å². The van der Waals surface area contributed by atoms with Crippen molar-refractivity contribution < 1.29 is 9.53 Å². The van der Waals surface area contributed by atoms with Crippen LogP contribution in [0.5, 0.6) is 0 Å². The Morgan fingerprint density at radius 3 is 2.89 bits per heavy atom. The van der Waals surface area contributed by atoms with Crippen molar-refractivity contribution in [2.24, 2.45) is 0 Å². The Balaban J connectivity index is 1.50. The Morgan fingerprint density at radius 1 is 1.22 bits per heavy atom. The predicted molar refractivity (Wildman–Crippen MR) is 69.4 cm³/mol. The molecule has 0 bridgehead atoms. The molecule has 1 heterocycles. The van der Waals surface area contributed by atoms with Crippen LogP contribution in [0, 0.1) is 0 Å². The van der Waals surface area contributed by atoms with E-state index < -0.39 is 0 Å². The second kappa shape index (κ2) is 5.57. The third kappa shape index (κ3) is 2.86. The fraction of sp³-hybridized carbons (Fsp3) is 0.929. The summed E-state index contributed by atoms with van der Waals surface area (Å²) >= 11 is 0. The van der Waals surface area contributed by atoms with Gasteiger partial charge in [0.05, 0.1) is 18.8 Å². The van der Waals surface area contributed by atoms with E-state index in [2.05, 4.69) is 10.2 Å². The van der Waals surface area contributed by atoms with Gasteiger partial charge in [-0.15, -0.1) is 0 Å². The van der Waals surface area contributed by atoms with E-state index in [9.17, 15) is 4.79 Å². The van der Waals surface area contributed by atoms with Crippen LogP contribution >= 0.6 is 0 Å². The van der Waals surface area contributed by atoms with Crippen LogP contribution in [-0.2, 0) is 9.53 Å². The largest absolute Gasteiger partial charge is 0.374 e. The van der Waals surface area contributed by atoms with Crippen molar-refractivity contribution in [3.05, 3.63) is 0 Å². The van der Waals surface area contributed by atoms with Crippen molar-refractivity contribution in [3.8, 4) is 0 Å². The lowest BCUT2D eigenvalue weighted by Crippen LogP contribution is -2.55. The van der Waals surface area contributed by atoms with Gasteiger partial charge in [0.2, 0.25) is 5.91 Å². The maximum atomic E-state index is 12.3. The van der Waals surface area contributed by atoms with Gasteiger partial charge in [0.1, 0.15) is 0 Å². The first-order valence-corrected chi connectivity index (χ1v) is 7.49. The molecule has 1 aliphatic heterocycles. The summed E-state index contributed by atoms with van der Waals surface area (Å²) in [7, 11) is 0. The highest BCUT2D eigenvalue weighted by atomic mass is 16.5. The molecule has 2 saturated carbocycles. The Morgan fingerprint density at radius 2 is 2.06 bits per heavy atom. The van der Waals surface area contributed by atoms with Crippen molar-refractivity contribution in [1.82, 2.24) is 10.2 Å². The van der Waals surface area contributed by atoms with Gasteiger partial charge in [-0.05, 0) is 25.7 Å². The monoisotopic (exact) mass is 252 g/mol. The van der Waals surface area contributed by atoms with Gasteiger partial charge in [0, 0.05) is 25.6 Å². The molecule has 1 saturated heterocycles. The number of fused-ring (bicyclic) bond motifs is 1. The molecule has 102 valence electrons. The van der Waals surface area contributed by atoms with Crippen molar-refractivity contribution >= 4 is 5.91 Å². The molecule has 0 aromatic rings. The minimum absolute atomic E-state index is 0.313. The Labute approximate surface area is 109 Å². The number of rotatable bonds is 4. The van der Waals surface area contributed by atoms with Gasteiger partial charge in [0.25, 0.3) is 0 Å². The third-order valence-corrected chi connectivity index (χ3v) is 4.40. The topological polar surface area (TPSA) is 41.6 Å². The molecule has 0 aromatic carbocycles. The van der Waals surface area contributed by atoms with Crippen molar-refractivity contribution in [3.63, 3.8) is 0 Å². The summed E-state index contributed by atoms with van der Waals surface area (Å²) in [6, 6.07) is 1.06. The maximum Gasteiger partial charge on any atom is 0.224 e. The Bertz CT molecular complexity index is 302. The summed E-state index contributed by atoms with van der Waals surface area (Å²) in [6.07, 6.45) is 8.31. The van der Waals surface area contributed by atoms with Crippen LogP contribution in [0.25, 0.3) is 0 Å². The zero-order valence-corrected chi connectivity index (χ0v) is 11.1. The van der Waals surface area contributed by atoms with Gasteiger partial charge >= 0.3 is 0 Å². The molecule has 3 aliphatic rings. The highest BCUT2D eigenvalue weighted by Crippen LogP contribution is 2.28. The van der Waals surface area contributed by atoms with E-state index in [1.807, 2.05) is 0 Å². The quantitative estimate of drug-likeness (QED) is 0.820. The summed E-state index contributed by atoms with van der Waals surface area (Å²) < 4.78 is 5.81. The second-order valence-electron chi connectivity index (χ2n) is 5.83. The van der Waals surface area contributed by atoms with E-state index in [0.717, 1.165) is 32.5 Å². The second-order valence-corrected chi connectivity index (χ2v) is 5.83. The molecule has 3 fully saturated rings. The van der Waals surface area contributed by atoms with Crippen LogP contribution < -0.4 is 5.32 Å². The van der Waals surface area contributed by atoms with E-state index in [1.54, 1.807) is 0 Å². The van der Waals surface area contributed by atoms with E-state index >= 15 is 0 Å². The molecule has 1 amide bonds. The number of carbonyl (C=O) groups is 1. The summed E-state index contributed by atoms with van der Waals surface area (Å²) in [5.74, 6) is 0.323. The zero-order chi connectivity index (χ0) is 12.4. The number of morpholine rings is 1. The van der Waals surface area contributed by atoms with E-state index in [4.69, 9.17) is 4.74 Å². The molecular weight excluding hydrogens is 228 g/mol. The van der Waals surface area contributed by atoms with E-state index in [1.165, 1.54) is 25.7 Å². The number of nitrogens with zero attached hydrogens (tertiary/aromatic N) is 1. The first kappa shape index (κ1) is 12.4. The molecule has 4 nitrogen and oxygen atoms in total. The molecule has 18 heavy (non-hydrogen) atoms. The zero-order valence-electron chi connectivity index (χ0n) is 11.1. The van der Waals surface area contributed by atoms with Gasteiger partial charge < -0.3 is 15.0 Å². The standard InChI is InChI=1S/C14H24N2O2/c17-14(7-8-15-11-5-6-11)16-9-10-18-13-4-2-1-3-12(13)16/h11-13,15H,1-10H2. The summed E-state index contributed by atoms with van der Waals surface area (Å²) in [5.41, 5.74) is 0. The van der Waals surface area contributed by atoms with Crippen molar-refractivity contribution in [2.75, 3.05) is 19.7 Å². The Kier molecular flexibility index (Phi) is 3.85. The Hall–Kier alpha value is -0.610. The number of ether oxygens (including phenoxy) is 1. The molecule has 0 aromatic heterocycles. The van der Waals surface area contributed by atoms with E-state index in [-0.39, 0.29) is 0 Å². The van der Waals surface area contributed by atoms with Crippen LogP contribution in [0.4, 0.5) is 0 Å². The van der Waals surface area contributed by atoms with Gasteiger partial charge in [-0.25, -0.2) is 0 Å². The minimum Gasteiger partial charge on any atom is -0.374 e. The highest BCUT2D eigenvalue weighted by Gasteiger charge is 2.36. The van der Waals surface area contributed by atoms with Crippen LogP contribution in [0.3, 0.4) is 0 Å². The van der Waals surface area contributed by atoms with Crippen LogP contribution in [-0.4, -0.2) is 48.7 Å². The number of hydrogen-bond acceptors (Lipinski definition) is 3. The molecule has 0 radical (unpaired) electrons. The third-order valence-electron chi connectivity index (χ3n) is 4.40. The van der Waals surface area contributed by atoms with Gasteiger partial charge in [-0.1, -0.05) is 12.8 Å². The fourth-order valence-electron chi connectivity index (χ4n) is 3.22. The SMILES string of the molecule is O=C(CCNC1CC1)N1CCOC2CCCCC21.